The molecule has 0 atom stereocenters. The van der Waals surface area contributed by atoms with E-state index in [1.807, 2.05) is 19.1 Å². The largest absolute Gasteiger partial charge is 0.372 e. The van der Waals surface area contributed by atoms with Gasteiger partial charge in [-0.15, -0.1) is 0 Å². The number of rotatable bonds is 6. The number of ketones is 1. The lowest BCUT2D eigenvalue weighted by molar-refractivity contribution is -0.112. The van der Waals surface area contributed by atoms with Gasteiger partial charge in [-0.2, -0.15) is 0 Å². The molecule has 3 aromatic rings. The first-order chi connectivity index (χ1) is 12.9. The monoisotopic (exact) mass is 367 g/mol. The van der Waals surface area contributed by atoms with Gasteiger partial charge in [-0.3, -0.25) is 9.59 Å². The van der Waals surface area contributed by atoms with Crippen LogP contribution in [0.2, 0.25) is 0 Å². The summed E-state index contributed by atoms with van der Waals surface area (Å²) >= 11 is 0. The molecule has 0 bridgehead atoms. The molecule has 0 radical (unpaired) electrons. The molecule has 1 amide bonds. The second-order valence-electron chi connectivity index (χ2n) is 6.35. The van der Waals surface area contributed by atoms with Crippen LogP contribution in [0.5, 0.6) is 0 Å². The van der Waals surface area contributed by atoms with Crippen molar-refractivity contribution in [1.29, 1.82) is 0 Å². The molecule has 1 heterocycles. The molecule has 6 heteroatoms. The molecular formula is C21H22FN3O2. The van der Waals surface area contributed by atoms with Gasteiger partial charge in [0.25, 0.3) is 11.7 Å². The SMILES string of the molecule is CCN(CC)c1ccc(NC(=O)C(=O)c2c[nH]c3cc(F)ccc23)c(C)c1. The van der Waals surface area contributed by atoms with E-state index in [9.17, 15) is 14.0 Å². The minimum Gasteiger partial charge on any atom is -0.372 e. The van der Waals surface area contributed by atoms with Gasteiger partial charge in [-0.05, 0) is 62.7 Å². The fourth-order valence-corrected chi connectivity index (χ4v) is 3.16. The maximum absolute atomic E-state index is 13.3. The summed E-state index contributed by atoms with van der Waals surface area (Å²) in [5.41, 5.74) is 3.24. The number of amides is 1. The highest BCUT2D eigenvalue weighted by molar-refractivity contribution is 6.48. The Morgan fingerprint density at radius 2 is 1.85 bits per heavy atom. The first kappa shape index (κ1) is 18.6. The fraction of sp³-hybridized carbons (Fsp3) is 0.238. The van der Waals surface area contributed by atoms with Crippen LogP contribution in [0.1, 0.15) is 29.8 Å². The van der Waals surface area contributed by atoms with Gasteiger partial charge in [0.1, 0.15) is 5.82 Å². The molecule has 27 heavy (non-hydrogen) atoms. The van der Waals surface area contributed by atoms with E-state index < -0.39 is 17.5 Å². The molecule has 140 valence electrons. The predicted molar refractivity (Wildman–Crippen MR) is 106 cm³/mol. The number of carbonyl (C=O) groups is 2. The third-order valence-corrected chi connectivity index (χ3v) is 4.68. The summed E-state index contributed by atoms with van der Waals surface area (Å²) in [6.07, 6.45) is 1.43. The summed E-state index contributed by atoms with van der Waals surface area (Å²) < 4.78 is 13.3. The number of benzene rings is 2. The van der Waals surface area contributed by atoms with Crippen LogP contribution in [0.4, 0.5) is 15.8 Å². The molecule has 1 aromatic heterocycles. The molecule has 0 fully saturated rings. The van der Waals surface area contributed by atoms with Crippen LogP contribution in [0.25, 0.3) is 10.9 Å². The van der Waals surface area contributed by atoms with E-state index in [-0.39, 0.29) is 5.56 Å². The Kier molecular flexibility index (Phi) is 5.26. The van der Waals surface area contributed by atoms with Gasteiger partial charge >= 0.3 is 0 Å². The minimum absolute atomic E-state index is 0.222. The van der Waals surface area contributed by atoms with Gasteiger partial charge in [0, 0.05) is 41.6 Å². The number of H-pyrrole nitrogens is 1. The minimum atomic E-state index is -0.723. The van der Waals surface area contributed by atoms with Crippen LogP contribution in [0.15, 0.2) is 42.6 Å². The third kappa shape index (κ3) is 3.69. The lowest BCUT2D eigenvalue weighted by atomic mass is 10.1. The van der Waals surface area contributed by atoms with E-state index in [0.29, 0.717) is 16.6 Å². The molecule has 0 aliphatic heterocycles. The number of nitrogens with zero attached hydrogens (tertiary/aromatic N) is 1. The summed E-state index contributed by atoms with van der Waals surface area (Å²) in [7, 11) is 0. The molecular weight excluding hydrogens is 345 g/mol. The van der Waals surface area contributed by atoms with Crippen molar-refractivity contribution >= 4 is 34.0 Å². The van der Waals surface area contributed by atoms with Crippen LogP contribution in [0.3, 0.4) is 0 Å². The quantitative estimate of drug-likeness (QED) is 0.505. The highest BCUT2D eigenvalue weighted by Gasteiger charge is 2.21. The van der Waals surface area contributed by atoms with Gasteiger partial charge in [-0.1, -0.05) is 0 Å². The number of aromatic amines is 1. The molecule has 0 unspecified atom stereocenters. The van der Waals surface area contributed by atoms with E-state index >= 15 is 0 Å². The Morgan fingerprint density at radius 1 is 1.11 bits per heavy atom. The summed E-state index contributed by atoms with van der Waals surface area (Å²) in [5, 5.41) is 3.20. The van der Waals surface area contributed by atoms with E-state index in [4.69, 9.17) is 0 Å². The van der Waals surface area contributed by atoms with Crippen molar-refractivity contribution in [3.05, 3.63) is 59.5 Å². The topological polar surface area (TPSA) is 65.2 Å². The van der Waals surface area contributed by atoms with Crippen molar-refractivity contribution in [2.45, 2.75) is 20.8 Å². The van der Waals surface area contributed by atoms with E-state index in [2.05, 4.69) is 29.0 Å². The highest BCUT2D eigenvalue weighted by Crippen LogP contribution is 2.24. The summed E-state index contributed by atoms with van der Waals surface area (Å²) in [6, 6.07) is 9.77. The summed E-state index contributed by atoms with van der Waals surface area (Å²) in [6.45, 7) is 7.84. The maximum Gasteiger partial charge on any atom is 0.296 e. The van der Waals surface area contributed by atoms with Gasteiger partial charge in [0.2, 0.25) is 0 Å². The molecule has 0 saturated carbocycles. The molecule has 3 rings (SSSR count). The average Bonchev–Trinajstić information content (AvgIpc) is 3.07. The third-order valence-electron chi connectivity index (χ3n) is 4.68. The first-order valence-corrected chi connectivity index (χ1v) is 8.92. The molecule has 0 saturated heterocycles. The lowest BCUT2D eigenvalue weighted by Crippen LogP contribution is -2.24. The van der Waals surface area contributed by atoms with Crippen molar-refractivity contribution < 1.29 is 14.0 Å². The van der Waals surface area contributed by atoms with Crippen molar-refractivity contribution in [3.63, 3.8) is 0 Å². The zero-order valence-electron chi connectivity index (χ0n) is 15.6. The van der Waals surface area contributed by atoms with Crippen LogP contribution in [-0.2, 0) is 4.79 Å². The first-order valence-electron chi connectivity index (χ1n) is 8.92. The van der Waals surface area contributed by atoms with Gasteiger partial charge in [0.05, 0.1) is 5.56 Å². The number of aromatic nitrogens is 1. The Morgan fingerprint density at radius 3 is 2.52 bits per heavy atom. The molecule has 0 aliphatic rings. The second-order valence-corrected chi connectivity index (χ2v) is 6.35. The Bertz CT molecular complexity index is 1010. The standard InChI is InChI=1S/C21H22FN3O2/c1-4-25(5-2)15-7-9-18(13(3)10-15)24-21(27)20(26)17-12-23-19-11-14(22)6-8-16(17)19/h6-12,23H,4-5H2,1-3H3,(H,24,27). The van der Waals surface area contributed by atoms with Crippen LogP contribution >= 0.6 is 0 Å². The number of hydrogen-bond donors (Lipinski definition) is 2. The summed E-state index contributed by atoms with van der Waals surface area (Å²) in [4.78, 5) is 30.0. The number of Topliss-reactive ketones (excluding diaryl/α,β-unsaturated/α-hetero) is 1. The van der Waals surface area contributed by atoms with Gasteiger partial charge < -0.3 is 15.2 Å². The summed E-state index contributed by atoms with van der Waals surface area (Å²) in [5.74, 6) is -1.80. The fourth-order valence-electron chi connectivity index (χ4n) is 3.16. The number of carbonyl (C=O) groups excluding carboxylic acids is 2. The van der Waals surface area contributed by atoms with Crippen LogP contribution in [0, 0.1) is 12.7 Å². The van der Waals surface area contributed by atoms with Crippen LogP contribution < -0.4 is 10.2 Å². The van der Waals surface area contributed by atoms with E-state index in [0.717, 1.165) is 24.3 Å². The van der Waals surface area contributed by atoms with E-state index in [1.165, 1.54) is 24.4 Å². The molecule has 2 aromatic carbocycles. The van der Waals surface area contributed by atoms with Crippen molar-refractivity contribution in [2.75, 3.05) is 23.3 Å². The van der Waals surface area contributed by atoms with Gasteiger partial charge in [-0.25, -0.2) is 4.39 Å². The number of halogens is 1. The van der Waals surface area contributed by atoms with Gasteiger partial charge in [0.15, 0.2) is 0 Å². The van der Waals surface area contributed by atoms with Crippen molar-refractivity contribution in [1.82, 2.24) is 4.98 Å². The Balaban J connectivity index is 1.81. The smallest absolute Gasteiger partial charge is 0.296 e. The lowest BCUT2D eigenvalue weighted by Gasteiger charge is -2.22. The Hall–Kier alpha value is -3.15. The highest BCUT2D eigenvalue weighted by atomic mass is 19.1. The number of anilines is 2. The predicted octanol–water partition coefficient (Wildman–Crippen LogP) is 4.28. The van der Waals surface area contributed by atoms with Crippen molar-refractivity contribution in [3.8, 4) is 0 Å². The molecule has 0 spiro atoms. The van der Waals surface area contributed by atoms with Crippen molar-refractivity contribution in [2.24, 2.45) is 0 Å². The molecule has 5 nitrogen and oxygen atoms in total. The molecule has 2 N–H and O–H groups in total. The van der Waals surface area contributed by atoms with Crippen LogP contribution in [-0.4, -0.2) is 29.8 Å². The average molecular weight is 367 g/mol. The number of aryl methyl sites for hydroxylation is 1. The number of hydrogen-bond acceptors (Lipinski definition) is 3. The van der Waals surface area contributed by atoms with E-state index in [1.54, 1.807) is 6.07 Å². The second kappa shape index (κ2) is 7.61. The zero-order chi connectivity index (χ0) is 19.6. The number of fused-ring (bicyclic) bond motifs is 1. The number of nitrogens with one attached hydrogen (secondary N) is 2. The molecule has 0 aliphatic carbocycles. The maximum atomic E-state index is 13.3. The zero-order valence-corrected chi connectivity index (χ0v) is 15.6. The normalized spacial score (nSPS) is 10.8. The Labute approximate surface area is 157 Å².